The van der Waals surface area contributed by atoms with Crippen LogP contribution in [0.2, 0.25) is 0 Å². The molecule has 18 heavy (non-hydrogen) atoms. The molecule has 4 nitrogen and oxygen atoms in total. The molecule has 0 aromatic heterocycles. The van der Waals surface area contributed by atoms with Crippen LogP contribution in [-0.2, 0) is 4.79 Å². The minimum absolute atomic E-state index is 0.167. The van der Waals surface area contributed by atoms with E-state index in [-0.39, 0.29) is 6.42 Å². The Morgan fingerprint density at radius 2 is 2.00 bits per heavy atom. The number of benzene rings is 1. The van der Waals surface area contributed by atoms with E-state index in [0.717, 1.165) is 12.3 Å². The minimum Gasteiger partial charge on any atom is -0.492 e. The van der Waals surface area contributed by atoms with Gasteiger partial charge in [-0.1, -0.05) is 6.07 Å². The maximum absolute atomic E-state index is 10.4. The molecule has 0 amide bonds. The van der Waals surface area contributed by atoms with E-state index in [9.17, 15) is 4.79 Å². The van der Waals surface area contributed by atoms with Crippen LogP contribution in [0.3, 0.4) is 0 Å². The zero-order valence-corrected chi connectivity index (χ0v) is 11.3. The highest BCUT2D eigenvalue weighted by atomic mass is 16.5. The number of rotatable bonds is 7. The summed E-state index contributed by atoms with van der Waals surface area (Å²) in [5.41, 5.74) is 2.47. The Morgan fingerprint density at radius 3 is 2.61 bits per heavy atom. The topological polar surface area (TPSA) is 49.8 Å². The number of aryl methyl sites for hydroxylation is 2. The molecule has 0 saturated heterocycles. The van der Waals surface area contributed by atoms with Crippen molar-refractivity contribution in [3.63, 3.8) is 0 Å². The number of carboxylic acids is 1. The van der Waals surface area contributed by atoms with Crippen LogP contribution in [-0.4, -0.2) is 42.7 Å². The first-order valence-corrected chi connectivity index (χ1v) is 6.09. The molecule has 0 spiro atoms. The van der Waals surface area contributed by atoms with E-state index in [1.165, 1.54) is 11.1 Å². The van der Waals surface area contributed by atoms with Crippen LogP contribution >= 0.6 is 0 Å². The van der Waals surface area contributed by atoms with Crippen molar-refractivity contribution in [1.29, 1.82) is 0 Å². The third-order valence-corrected chi connectivity index (χ3v) is 2.93. The van der Waals surface area contributed by atoms with Crippen LogP contribution in [0, 0.1) is 13.8 Å². The quantitative estimate of drug-likeness (QED) is 0.806. The van der Waals surface area contributed by atoms with Crippen LogP contribution in [0.25, 0.3) is 0 Å². The highest BCUT2D eigenvalue weighted by Crippen LogP contribution is 2.16. The lowest BCUT2D eigenvalue weighted by Crippen LogP contribution is -2.26. The van der Waals surface area contributed by atoms with Crippen molar-refractivity contribution < 1.29 is 14.6 Å². The van der Waals surface area contributed by atoms with Gasteiger partial charge in [0.05, 0.1) is 6.42 Å². The van der Waals surface area contributed by atoms with Gasteiger partial charge in [0, 0.05) is 13.1 Å². The Bertz CT molecular complexity index is 404. The average Bonchev–Trinajstić information content (AvgIpc) is 2.31. The van der Waals surface area contributed by atoms with Crippen molar-refractivity contribution in [1.82, 2.24) is 4.90 Å². The number of hydrogen-bond acceptors (Lipinski definition) is 3. The van der Waals surface area contributed by atoms with Crippen LogP contribution in [0.4, 0.5) is 0 Å². The van der Waals surface area contributed by atoms with Gasteiger partial charge in [0.2, 0.25) is 0 Å². The number of likely N-dealkylation sites (N-methyl/N-ethyl adjacent to an activating group) is 1. The molecule has 100 valence electrons. The molecule has 4 heteroatoms. The van der Waals surface area contributed by atoms with Gasteiger partial charge in [-0.2, -0.15) is 0 Å². The van der Waals surface area contributed by atoms with Crippen molar-refractivity contribution in [2.45, 2.75) is 20.3 Å². The first-order chi connectivity index (χ1) is 8.49. The molecule has 0 aliphatic heterocycles. The SMILES string of the molecule is Cc1ccc(OCCN(C)CCC(=O)O)cc1C. The fourth-order valence-electron chi connectivity index (χ4n) is 1.52. The molecule has 1 aromatic carbocycles. The second kappa shape index (κ2) is 7.01. The second-order valence-corrected chi connectivity index (χ2v) is 4.54. The number of carboxylic acid groups (broad SMARTS) is 1. The number of hydrogen-bond donors (Lipinski definition) is 1. The zero-order valence-electron chi connectivity index (χ0n) is 11.3. The van der Waals surface area contributed by atoms with Gasteiger partial charge in [-0.3, -0.25) is 4.79 Å². The van der Waals surface area contributed by atoms with Gasteiger partial charge in [0.1, 0.15) is 12.4 Å². The molecular formula is C14H21NO3. The van der Waals surface area contributed by atoms with E-state index < -0.39 is 5.97 Å². The normalized spacial score (nSPS) is 10.7. The van der Waals surface area contributed by atoms with Gasteiger partial charge in [-0.15, -0.1) is 0 Å². The molecule has 0 fully saturated rings. The fraction of sp³-hybridized carbons (Fsp3) is 0.500. The Kier molecular flexibility index (Phi) is 5.65. The van der Waals surface area contributed by atoms with Gasteiger partial charge in [0.15, 0.2) is 0 Å². The third-order valence-electron chi connectivity index (χ3n) is 2.93. The molecule has 1 rings (SSSR count). The lowest BCUT2D eigenvalue weighted by atomic mass is 10.1. The van der Waals surface area contributed by atoms with E-state index in [1.54, 1.807) is 0 Å². The second-order valence-electron chi connectivity index (χ2n) is 4.54. The summed E-state index contributed by atoms with van der Waals surface area (Å²) in [7, 11) is 1.90. The van der Waals surface area contributed by atoms with Crippen LogP contribution < -0.4 is 4.74 Å². The molecule has 0 radical (unpaired) electrons. The van der Waals surface area contributed by atoms with Gasteiger partial charge in [-0.25, -0.2) is 0 Å². The van der Waals surface area contributed by atoms with E-state index >= 15 is 0 Å². The van der Waals surface area contributed by atoms with E-state index in [2.05, 4.69) is 13.8 Å². The van der Waals surface area contributed by atoms with Crippen molar-refractivity contribution in [3.05, 3.63) is 29.3 Å². The predicted octanol–water partition coefficient (Wildman–Crippen LogP) is 2.09. The van der Waals surface area contributed by atoms with Crippen LogP contribution in [0.15, 0.2) is 18.2 Å². The summed E-state index contributed by atoms with van der Waals surface area (Å²) in [6.45, 7) is 5.96. The molecule has 0 atom stereocenters. The molecule has 1 N–H and O–H groups in total. The molecule has 1 aromatic rings. The Hall–Kier alpha value is -1.55. The summed E-state index contributed by atoms with van der Waals surface area (Å²) in [5, 5.41) is 8.56. The van der Waals surface area contributed by atoms with Gasteiger partial charge in [-0.05, 0) is 44.2 Å². The number of carbonyl (C=O) groups is 1. The molecule has 0 unspecified atom stereocenters. The van der Waals surface area contributed by atoms with Crippen molar-refractivity contribution in [2.75, 3.05) is 26.7 Å². The number of aliphatic carboxylic acids is 1. The summed E-state index contributed by atoms with van der Waals surface area (Å²) in [6, 6.07) is 6.02. The zero-order chi connectivity index (χ0) is 13.5. The van der Waals surface area contributed by atoms with Crippen molar-refractivity contribution in [2.24, 2.45) is 0 Å². The van der Waals surface area contributed by atoms with Crippen LogP contribution in [0.5, 0.6) is 5.75 Å². The molecule has 0 aliphatic carbocycles. The lowest BCUT2D eigenvalue weighted by Gasteiger charge is -2.16. The van der Waals surface area contributed by atoms with E-state index in [0.29, 0.717) is 13.2 Å². The molecule has 0 saturated carbocycles. The van der Waals surface area contributed by atoms with Gasteiger partial charge in [0.25, 0.3) is 0 Å². The molecule has 0 heterocycles. The summed E-state index contributed by atoms with van der Waals surface area (Å²) in [6.07, 6.45) is 0.167. The number of ether oxygens (including phenoxy) is 1. The van der Waals surface area contributed by atoms with E-state index in [4.69, 9.17) is 9.84 Å². The van der Waals surface area contributed by atoms with Gasteiger partial charge >= 0.3 is 5.97 Å². The third kappa shape index (κ3) is 5.19. The summed E-state index contributed by atoms with van der Waals surface area (Å²) < 4.78 is 5.63. The molecule has 0 bridgehead atoms. The summed E-state index contributed by atoms with van der Waals surface area (Å²) in [5.74, 6) is 0.0988. The minimum atomic E-state index is -0.767. The molecule has 0 aliphatic rings. The number of nitrogens with zero attached hydrogens (tertiary/aromatic N) is 1. The average molecular weight is 251 g/mol. The maximum atomic E-state index is 10.4. The Labute approximate surface area is 108 Å². The maximum Gasteiger partial charge on any atom is 0.304 e. The first kappa shape index (κ1) is 14.5. The summed E-state index contributed by atoms with van der Waals surface area (Å²) in [4.78, 5) is 12.4. The van der Waals surface area contributed by atoms with E-state index in [1.807, 2.05) is 30.1 Å². The lowest BCUT2D eigenvalue weighted by molar-refractivity contribution is -0.137. The fourth-order valence-corrected chi connectivity index (χ4v) is 1.52. The van der Waals surface area contributed by atoms with Crippen LogP contribution in [0.1, 0.15) is 17.5 Å². The Morgan fingerprint density at radius 1 is 1.28 bits per heavy atom. The standard InChI is InChI=1S/C14H21NO3/c1-11-4-5-13(10-12(11)2)18-9-8-15(3)7-6-14(16)17/h4-5,10H,6-9H2,1-3H3,(H,16,17). The highest BCUT2D eigenvalue weighted by Gasteiger charge is 2.03. The van der Waals surface area contributed by atoms with Crippen molar-refractivity contribution >= 4 is 5.97 Å². The monoisotopic (exact) mass is 251 g/mol. The highest BCUT2D eigenvalue weighted by molar-refractivity contribution is 5.66. The first-order valence-electron chi connectivity index (χ1n) is 6.09. The summed E-state index contributed by atoms with van der Waals surface area (Å²) >= 11 is 0. The predicted molar refractivity (Wildman–Crippen MR) is 71.2 cm³/mol. The molecular weight excluding hydrogens is 230 g/mol. The largest absolute Gasteiger partial charge is 0.492 e. The van der Waals surface area contributed by atoms with Crippen molar-refractivity contribution in [3.8, 4) is 5.75 Å². The smallest absolute Gasteiger partial charge is 0.304 e. The van der Waals surface area contributed by atoms with Gasteiger partial charge < -0.3 is 14.7 Å². The Balaban J connectivity index is 2.28.